The summed E-state index contributed by atoms with van der Waals surface area (Å²) in [6.07, 6.45) is 3.44. The SMILES string of the molecule is CC(=O)c1ccnc(/C=C/B2OC(C)(C)C(C)(C)O2)c1. The zero-order valence-electron chi connectivity index (χ0n) is 12.6. The molecule has 2 heterocycles. The smallest absolute Gasteiger partial charge is 0.400 e. The highest BCUT2D eigenvalue weighted by atomic mass is 16.7. The van der Waals surface area contributed by atoms with E-state index in [1.54, 1.807) is 18.3 Å². The molecule has 5 heteroatoms. The molecule has 1 fully saturated rings. The van der Waals surface area contributed by atoms with Gasteiger partial charge in [-0.25, -0.2) is 0 Å². The lowest BCUT2D eigenvalue weighted by Gasteiger charge is -2.32. The van der Waals surface area contributed by atoms with E-state index in [0.29, 0.717) is 11.3 Å². The number of nitrogens with zero attached hydrogens (tertiary/aromatic N) is 1. The summed E-state index contributed by atoms with van der Waals surface area (Å²) in [5.41, 5.74) is 0.661. The van der Waals surface area contributed by atoms with Gasteiger partial charge in [-0.1, -0.05) is 5.98 Å². The van der Waals surface area contributed by atoms with Crippen LogP contribution in [0.3, 0.4) is 0 Å². The van der Waals surface area contributed by atoms with Crippen LogP contribution in [0.15, 0.2) is 24.3 Å². The number of carbonyl (C=O) groups is 1. The highest BCUT2D eigenvalue weighted by molar-refractivity contribution is 6.52. The molecule has 4 nitrogen and oxygen atoms in total. The Balaban J connectivity index is 2.12. The van der Waals surface area contributed by atoms with Gasteiger partial charge in [0, 0.05) is 11.8 Å². The molecule has 1 saturated heterocycles. The van der Waals surface area contributed by atoms with Crippen molar-refractivity contribution in [3.63, 3.8) is 0 Å². The van der Waals surface area contributed by atoms with Gasteiger partial charge in [0.15, 0.2) is 5.78 Å². The van der Waals surface area contributed by atoms with E-state index in [9.17, 15) is 4.79 Å². The number of ketones is 1. The highest BCUT2D eigenvalue weighted by Crippen LogP contribution is 2.36. The standard InChI is InChI=1S/C15H20BNO3/c1-11(18)12-7-9-17-13(10-12)6-8-16-19-14(2,3)15(4,5)20-16/h6-10H,1-5H3/b8-6+. The molecule has 1 aromatic rings. The molecule has 0 atom stereocenters. The first-order valence-corrected chi connectivity index (χ1v) is 6.72. The molecule has 0 amide bonds. The molecule has 0 aromatic carbocycles. The Hall–Kier alpha value is -1.46. The number of hydrogen-bond acceptors (Lipinski definition) is 4. The molecule has 0 radical (unpaired) electrons. The Morgan fingerprint density at radius 3 is 2.40 bits per heavy atom. The van der Waals surface area contributed by atoms with Crippen LogP contribution < -0.4 is 0 Å². The van der Waals surface area contributed by atoms with E-state index in [4.69, 9.17) is 9.31 Å². The van der Waals surface area contributed by atoms with Crippen molar-refractivity contribution in [1.82, 2.24) is 4.98 Å². The number of pyridine rings is 1. The van der Waals surface area contributed by atoms with E-state index in [1.807, 2.05) is 39.7 Å². The Kier molecular flexibility index (Phi) is 3.85. The minimum atomic E-state index is -0.400. The van der Waals surface area contributed by atoms with Gasteiger partial charge in [0.2, 0.25) is 0 Å². The first-order valence-electron chi connectivity index (χ1n) is 6.72. The first-order chi connectivity index (χ1) is 9.21. The number of rotatable bonds is 3. The van der Waals surface area contributed by atoms with Gasteiger partial charge < -0.3 is 9.31 Å². The van der Waals surface area contributed by atoms with E-state index in [1.165, 1.54) is 6.92 Å². The van der Waals surface area contributed by atoms with E-state index in [-0.39, 0.29) is 17.0 Å². The van der Waals surface area contributed by atoms with E-state index < -0.39 is 7.12 Å². The minimum Gasteiger partial charge on any atom is -0.400 e. The lowest BCUT2D eigenvalue weighted by Crippen LogP contribution is -2.41. The molecule has 0 aliphatic carbocycles. The average molecular weight is 273 g/mol. The lowest BCUT2D eigenvalue weighted by molar-refractivity contribution is 0.00578. The van der Waals surface area contributed by atoms with Crippen LogP contribution in [0.5, 0.6) is 0 Å². The number of aromatic nitrogens is 1. The summed E-state index contributed by atoms with van der Waals surface area (Å²) in [6.45, 7) is 9.58. The van der Waals surface area contributed by atoms with Gasteiger partial charge in [0.05, 0.1) is 16.9 Å². The van der Waals surface area contributed by atoms with Gasteiger partial charge in [-0.05, 0) is 52.8 Å². The molecule has 106 valence electrons. The summed E-state index contributed by atoms with van der Waals surface area (Å²) in [5, 5.41) is 0. The van der Waals surface area contributed by atoms with Gasteiger partial charge in [0.1, 0.15) is 0 Å². The van der Waals surface area contributed by atoms with E-state index in [0.717, 1.165) is 0 Å². The predicted octanol–water partition coefficient (Wildman–Crippen LogP) is 2.93. The normalized spacial score (nSPS) is 20.6. The molecule has 0 bridgehead atoms. The largest absolute Gasteiger partial charge is 0.487 e. The molecule has 20 heavy (non-hydrogen) atoms. The van der Waals surface area contributed by atoms with Crippen molar-refractivity contribution >= 4 is 19.0 Å². The average Bonchev–Trinajstić information content (AvgIpc) is 2.56. The van der Waals surface area contributed by atoms with Crippen molar-refractivity contribution in [2.75, 3.05) is 0 Å². The van der Waals surface area contributed by atoms with Crippen molar-refractivity contribution in [2.45, 2.75) is 45.8 Å². The zero-order valence-corrected chi connectivity index (χ0v) is 12.6. The summed E-state index contributed by atoms with van der Waals surface area (Å²) in [5.74, 6) is 1.85. The third kappa shape index (κ3) is 2.99. The molecule has 0 spiro atoms. The molecule has 2 rings (SSSR count). The Morgan fingerprint density at radius 1 is 1.25 bits per heavy atom. The molecule has 0 unspecified atom stereocenters. The maximum Gasteiger partial charge on any atom is 0.487 e. The van der Waals surface area contributed by atoms with Crippen molar-refractivity contribution in [1.29, 1.82) is 0 Å². The van der Waals surface area contributed by atoms with Crippen molar-refractivity contribution in [3.8, 4) is 0 Å². The Bertz CT molecular complexity index is 536. The fourth-order valence-electron chi connectivity index (χ4n) is 1.90. The van der Waals surface area contributed by atoms with Crippen LogP contribution in [0, 0.1) is 0 Å². The molecule has 1 aliphatic rings. The maximum atomic E-state index is 11.3. The summed E-state index contributed by atoms with van der Waals surface area (Å²) in [4.78, 5) is 15.5. The minimum absolute atomic E-state index is 0.0256. The lowest BCUT2D eigenvalue weighted by atomic mass is 9.89. The number of carbonyl (C=O) groups excluding carboxylic acids is 1. The Morgan fingerprint density at radius 2 is 1.85 bits per heavy atom. The van der Waals surface area contributed by atoms with E-state index >= 15 is 0 Å². The second-order valence-corrected chi connectivity index (χ2v) is 6.01. The molecule has 1 aliphatic heterocycles. The van der Waals surface area contributed by atoms with E-state index in [2.05, 4.69) is 4.98 Å². The van der Waals surface area contributed by atoms with Gasteiger partial charge in [-0.2, -0.15) is 0 Å². The quantitative estimate of drug-likeness (QED) is 0.627. The number of hydrogen-bond donors (Lipinski definition) is 0. The van der Waals surface area contributed by atoms with Crippen molar-refractivity contribution in [3.05, 3.63) is 35.6 Å². The predicted molar refractivity (Wildman–Crippen MR) is 79.4 cm³/mol. The van der Waals surface area contributed by atoms with Crippen LogP contribution in [0.25, 0.3) is 6.08 Å². The topological polar surface area (TPSA) is 48.4 Å². The highest BCUT2D eigenvalue weighted by Gasteiger charge is 2.49. The summed E-state index contributed by atoms with van der Waals surface area (Å²) in [6, 6.07) is 3.46. The summed E-state index contributed by atoms with van der Waals surface area (Å²) >= 11 is 0. The van der Waals surface area contributed by atoms with Gasteiger partial charge >= 0.3 is 7.12 Å². The van der Waals surface area contributed by atoms with Gasteiger partial charge in [-0.15, -0.1) is 0 Å². The van der Waals surface area contributed by atoms with Gasteiger partial charge in [0.25, 0.3) is 0 Å². The maximum absolute atomic E-state index is 11.3. The van der Waals surface area contributed by atoms with Crippen LogP contribution in [-0.2, 0) is 9.31 Å². The fraction of sp³-hybridized carbons (Fsp3) is 0.467. The van der Waals surface area contributed by atoms with Gasteiger partial charge in [-0.3, -0.25) is 9.78 Å². The molecule has 1 aromatic heterocycles. The van der Waals surface area contributed by atoms with Crippen LogP contribution in [0.1, 0.15) is 50.7 Å². The molecular formula is C15H20BNO3. The zero-order chi connectivity index (χ0) is 15.0. The van der Waals surface area contributed by atoms with Crippen LogP contribution in [0.4, 0.5) is 0 Å². The van der Waals surface area contributed by atoms with Crippen molar-refractivity contribution < 1.29 is 14.1 Å². The Labute approximate surface area is 120 Å². The van der Waals surface area contributed by atoms with Crippen LogP contribution in [-0.4, -0.2) is 29.1 Å². The monoisotopic (exact) mass is 273 g/mol. The number of Topliss-reactive ketones (excluding diaryl/α,β-unsaturated/α-hetero) is 1. The third-order valence-corrected chi connectivity index (χ3v) is 3.88. The molecule has 0 saturated carbocycles. The first kappa shape index (κ1) is 14.9. The molecule has 0 N–H and O–H groups in total. The van der Waals surface area contributed by atoms with Crippen molar-refractivity contribution in [2.24, 2.45) is 0 Å². The van der Waals surface area contributed by atoms with Crippen LogP contribution in [0.2, 0.25) is 0 Å². The molecular weight excluding hydrogens is 253 g/mol. The second kappa shape index (κ2) is 5.15. The summed E-state index contributed by atoms with van der Waals surface area (Å²) < 4.78 is 11.7. The summed E-state index contributed by atoms with van der Waals surface area (Å²) in [7, 11) is -0.400. The second-order valence-electron chi connectivity index (χ2n) is 6.01. The third-order valence-electron chi connectivity index (χ3n) is 3.88. The van der Waals surface area contributed by atoms with Crippen LogP contribution >= 0.6 is 0 Å². The fourth-order valence-corrected chi connectivity index (χ4v) is 1.90.